The fourth-order valence-corrected chi connectivity index (χ4v) is 3.57. The number of rotatable bonds is 5. The molecule has 0 unspecified atom stereocenters. The number of benzene rings is 2. The number of thioether (sulfide) groups is 1. The van der Waals surface area contributed by atoms with Crippen LogP contribution in [0.2, 0.25) is 0 Å². The molecule has 0 radical (unpaired) electrons. The average molecular weight is 475 g/mol. The Bertz CT molecular complexity index is 1000. The van der Waals surface area contributed by atoms with Crippen molar-refractivity contribution in [3.63, 3.8) is 0 Å². The van der Waals surface area contributed by atoms with Crippen LogP contribution in [0.3, 0.4) is 0 Å². The molecule has 29 heavy (non-hydrogen) atoms. The average Bonchev–Trinajstić information content (AvgIpc) is 2.92. The van der Waals surface area contributed by atoms with Crippen molar-refractivity contribution in [3.05, 3.63) is 63.5 Å². The van der Waals surface area contributed by atoms with Gasteiger partial charge in [0.15, 0.2) is 0 Å². The molecule has 0 atom stereocenters. The number of amides is 3. The van der Waals surface area contributed by atoms with Crippen LogP contribution < -0.4 is 10.1 Å². The highest BCUT2D eigenvalue weighted by molar-refractivity contribution is 9.10. The van der Waals surface area contributed by atoms with Crippen LogP contribution >= 0.6 is 27.7 Å². The summed E-state index contributed by atoms with van der Waals surface area (Å²) in [4.78, 5) is 49.0. The van der Waals surface area contributed by atoms with E-state index in [2.05, 4.69) is 21.2 Å². The van der Waals surface area contributed by atoms with Gasteiger partial charge < -0.3 is 10.1 Å². The van der Waals surface area contributed by atoms with Gasteiger partial charge in [-0.1, -0.05) is 28.1 Å². The van der Waals surface area contributed by atoms with Gasteiger partial charge in [-0.05, 0) is 59.8 Å². The number of esters is 1. The van der Waals surface area contributed by atoms with Crippen LogP contribution in [0.25, 0.3) is 6.08 Å². The van der Waals surface area contributed by atoms with E-state index >= 15 is 0 Å². The summed E-state index contributed by atoms with van der Waals surface area (Å²) in [5.41, 5.74) is 1.22. The first kappa shape index (κ1) is 20.8. The molecule has 0 aromatic heterocycles. The lowest BCUT2D eigenvalue weighted by Gasteiger charge is -2.12. The van der Waals surface area contributed by atoms with E-state index in [1.807, 2.05) is 0 Å². The molecule has 0 aliphatic carbocycles. The van der Waals surface area contributed by atoms with Gasteiger partial charge in [-0.3, -0.25) is 24.1 Å². The molecule has 1 heterocycles. The van der Waals surface area contributed by atoms with E-state index in [9.17, 15) is 19.2 Å². The van der Waals surface area contributed by atoms with Crippen molar-refractivity contribution in [2.24, 2.45) is 0 Å². The standard InChI is InChI=1S/C20H15BrN2O5S/c1-12(24)28-16-8-2-13(3-9-16)10-17-19(26)23(20(27)29-17)11-18(25)22-15-6-4-14(21)5-7-15/h2-10H,11H2,1H3,(H,22,25)/b17-10+. The molecule has 1 aliphatic heterocycles. The number of nitrogens with one attached hydrogen (secondary N) is 1. The van der Waals surface area contributed by atoms with Gasteiger partial charge in [-0.25, -0.2) is 0 Å². The molecule has 3 rings (SSSR count). The zero-order valence-corrected chi connectivity index (χ0v) is 17.6. The largest absolute Gasteiger partial charge is 0.427 e. The van der Waals surface area contributed by atoms with Crippen molar-refractivity contribution in [1.82, 2.24) is 4.90 Å². The van der Waals surface area contributed by atoms with Gasteiger partial charge in [0.25, 0.3) is 11.1 Å². The molecule has 1 saturated heterocycles. The summed E-state index contributed by atoms with van der Waals surface area (Å²) in [7, 11) is 0. The zero-order chi connectivity index (χ0) is 21.0. The molecule has 1 aliphatic rings. The molecule has 148 valence electrons. The SMILES string of the molecule is CC(=O)Oc1ccc(/C=C2/SC(=O)N(CC(=O)Nc3ccc(Br)cc3)C2=O)cc1. The number of hydrogen-bond donors (Lipinski definition) is 1. The fraction of sp³-hybridized carbons (Fsp3) is 0.100. The maximum Gasteiger partial charge on any atom is 0.308 e. The van der Waals surface area contributed by atoms with Gasteiger partial charge in [-0.15, -0.1) is 0 Å². The molecule has 3 amide bonds. The smallest absolute Gasteiger partial charge is 0.308 e. The Morgan fingerprint density at radius 1 is 1.10 bits per heavy atom. The normalized spacial score (nSPS) is 15.0. The maximum absolute atomic E-state index is 12.5. The summed E-state index contributed by atoms with van der Waals surface area (Å²) in [5, 5.41) is 2.14. The van der Waals surface area contributed by atoms with Crippen LogP contribution in [0.1, 0.15) is 12.5 Å². The van der Waals surface area contributed by atoms with Crippen molar-refractivity contribution in [2.45, 2.75) is 6.92 Å². The first-order chi connectivity index (χ1) is 13.8. The summed E-state index contributed by atoms with van der Waals surface area (Å²) in [6.45, 7) is 0.931. The highest BCUT2D eigenvalue weighted by Gasteiger charge is 2.36. The maximum atomic E-state index is 12.5. The number of ether oxygens (including phenoxy) is 1. The number of carbonyl (C=O) groups excluding carboxylic acids is 4. The minimum atomic E-state index is -0.532. The number of imide groups is 1. The van der Waals surface area contributed by atoms with E-state index < -0.39 is 23.0 Å². The highest BCUT2D eigenvalue weighted by atomic mass is 79.9. The number of hydrogen-bond acceptors (Lipinski definition) is 6. The third-order valence-corrected chi connectivity index (χ3v) is 5.18. The van der Waals surface area contributed by atoms with E-state index in [1.54, 1.807) is 54.6 Å². The number of carbonyl (C=O) groups is 4. The summed E-state index contributed by atoms with van der Waals surface area (Å²) < 4.78 is 5.82. The van der Waals surface area contributed by atoms with Gasteiger partial charge in [0.1, 0.15) is 12.3 Å². The van der Waals surface area contributed by atoms with Gasteiger partial charge in [-0.2, -0.15) is 0 Å². The molecular weight excluding hydrogens is 460 g/mol. The molecular formula is C20H15BrN2O5S. The first-order valence-corrected chi connectivity index (χ1v) is 10.0. The summed E-state index contributed by atoms with van der Waals surface area (Å²) in [6, 6.07) is 13.4. The molecule has 2 aromatic carbocycles. The molecule has 1 N–H and O–H groups in total. The van der Waals surface area contributed by atoms with Crippen LogP contribution in [0.5, 0.6) is 5.75 Å². The highest BCUT2D eigenvalue weighted by Crippen LogP contribution is 2.32. The monoisotopic (exact) mass is 474 g/mol. The van der Waals surface area contributed by atoms with Gasteiger partial charge in [0.2, 0.25) is 5.91 Å². The number of anilines is 1. The Balaban J connectivity index is 1.65. The van der Waals surface area contributed by atoms with E-state index in [4.69, 9.17) is 4.74 Å². The molecule has 0 spiro atoms. The van der Waals surface area contributed by atoms with Crippen LogP contribution in [0, 0.1) is 0 Å². The molecule has 2 aromatic rings. The number of halogens is 1. The lowest BCUT2D eigenvalue weighted by Crippen LogP contribution is -2.36. The van der Waals surface area contributed by atoms with Crippen LogP contribution in [-0.4, -0.2) is 34.5 Å². The van der Waals surface area contributed by atoms with E-state index in [0.29, 0.717) is 17.0 Å². The van der Waals surface area contributed by atoms with Crippen molar-refractivity contribution < 1.29 is 23.9 Å². The van der Waals surface area contributed by atoms with Crippen LogP contribution in [0.15, 0.2) is 57.9 Å². The van der Waals surface area contributed by atoms with E-state index in [-0.39, 0.29) is 11.4 Å². The Morgan fingerprint density at radius 3 is 2.38 bits per heavy atom. The topological polar surface area (TPSA) is 92.8 Å². The minimum Gasteiger partial charge on any atom is -0.427 e. The quantitative estimate of drug-likeness (QED) is 0.399. The summed E-state index contributed by atoms with van der Waals surface area (Å²) >= 11 is 4.07. The summed E-state index contributed by atoms with van der Waals surface area (Å²) in [5.74, 6) is -1.05. The van der Waals surface area contributed by atoms with Gasteiger partial charge in [0, 0.05) is 17.1 Å². The third kappa shape index (κ3) is 5.55. The molecule has 1 fully saturated rings. The fourth-order valence-electron chi connectivity index (χ4n) is 2.46. The van der Waals surface area contributed by atoms with Gasteiger partial charge >= 0.3 is 5.97 Å². The lowest BCUT2D eigenvalue weighted by atomic mass is 10.2. The summed E-state index contributed by atoms with van der Waals surface area (Å²) in [6.07, 6.45) is 1.55. The number of nitrogens with zero attached hydrogens (tertiary/aromatic N) is 1. The minimum absolute atomic E-state index is 0.215. The first-order valence-electron chi connectivity index (χ1n) is 8.41. The second-order valence-electron chi connectivity index (χ2n) is 5.99. The molecule has 0 bridgehead atoms. The Kier molecular flexibility index (Phi) is 6.50. The van der Waals surface area contributed by atoms with E-state index in [0.717, 1.165) is 21.1 Å². The van der Waals surface area contributed by atoms with Crippen molar-refractivity contribution >= 4 is 62.5 Å². The second kappa shape index (κ2) is 9.06. The Morgan fingerprint density at radius 2 is 1.76 bits per heavy atom. The van der Waals surface area contributed by atoms with Gasteiger partial charge in [0.05, 0.1) is 4.91 Å². The predicted molar refractivity (Wildman–Crippen MR) is 113 cm³/mol. The zero-order valence-electron chi connectivity index (χ0n) is 15.2. The lowest BCUT2D eigenvalue weighted by molar-refractivity contribution is -0.131. The molecule has 0 saturated carbocycles. The van der Waals surface area contributed by atoms with Crippen molar-refractivity contribution in [1.29, 1.82) is 0 Å². The van der Waals surface area contributed by atoms with Crippen LogP contribution in [0.4, 0.5) is 10.5 Å². The molecule has 7 nitrogen and oxygen atoms in total. The van der Waals surface area contributed by atoms with Crippen molar-refractivity contribution in [2.75, 3.05) is 11.9 Å². The van der Waals surface area contributed by atoms with Crippen molar-refractivity contribution in [3.8, 4) is 5.75 Å². The second-order valence-corrected chi connectivity index (χ2v) is 7.89. The Hall–Kier alpha value is -2.91. The molecule has 9 heteroatoms. The van der Waals surface area contributed by atoms with Crippen LogP contribution in [-0.2, 0) is 14.4 Å². The van der Waals surface area contributed by atoms with E-state index in [1.165, 1.54) is 6.92 Å². The Labute approximate surface area is 179 Å². The predicted octanol–water partition coefficient (Wildman–Crippen LogP) is 4.05. The third-order valence-electron chi connectivity index (χ3n) is 3.74.